The number of nitrogens with zero attached hydrogens (tertiary/aromatic N) is 1. The van der Waals surface area contributed by atoms with Crippen LogP contribution in [0.25, 0.3) is 0 Å². The van der Waals surface area contributed by atoms with E-state index in [0.717, 1.165) is 25.9 Å². The molecule has 0 saturated carbocycles. The topological polar surface area (TPSA) is 23.5 Å². The Hall–Kier alpha value is -0.600. The van der Waals surface area contributed by atoms with Crippen molar-refractivity contribution in [2.24, 2.45) is 0 Å². The fourth-order valence-corrected chi connectivity index (χ4v) is 2.47. The molecule has 2 heterocycles. The van der Waals surface area contributed by atoms with Crippen molar-refractivity contribution >= 4 is 0 Å². The van der Waals surface area contributed by atoms with Gasteiger partial charge >= 0.3 is 0 Å². The van der Waals surface area contributed by atoms with Gasteiger partial charge in [-0.1, -0.05) is 24.3 Å². The lowest BCUT2D eigenvalue weighted by Gasteiger charge is -2.28. The van der Waals surface area contributed by atoms with Gasteiger partial charge < -0.3 is 5.11 Å². The predicted molar refractivity (Wildman–Crippen MR) is 48.9 cm³/mol. The molecule has 2 aliphatic rings. The molecule has 0 aromatic carbocycles. The van der Waals surface area contributed by atoms with Gasteiger partial charge in [0.15, 0.2) is 0 Å². The molecule has 0 spiro atoms. The highest BCUT2D eigenvalue weighted by atomic mass is 16.3. The molecule has 0 bridgehead atoms. The molecule has 2 nitrogen and oxygen atoms in total. The van der Waals surface area contributed by atoms with Gasteiger partial charge in [-0.05, 0) is 12.8 Å². The summed E-state index contributed by atoms with van der Waals surface area (Å²) >= 11 is 0. The van der Waals surface area contributed by atoms with Crippen LogP contribution in [0.3, 0.4) is 0 Å². The molecule has 0 unspecified atom stereocenters. The molecular formula is C10H15NO. The third-order valence-electron chi connectivity index (χ3n) is 2.95. The minimum absolute atomic E-state index is 0.0197. The van der Waals surface area contributed by atoms with E-state index in [-0.39, 0.29) is 12.1 Å². The Balaban J connectivity index is 2.26. The van der Waals surface area contributed by atoms with E-state index in [4.69, 9.17) is 0 Å². The minimum atomic E-state index is -0.0197. The van der Waals surface area contributed by atoms with E-state index in [1.54, 1.807) is 0 Å². The van der Waals surface area contributed by atoms with E-state index >= 15 is 0 Å². The number of hydrogen-bond acceptors (Lipinski definition) is 2. The molecule has 66 valence electrons. The monoisotopic (exact) mass is 165 g/mol. The number of aliphatic hydroxyl groups is 1. The maximum absolute atomic E-state index is 9.34. The van der Waals surface area contributed by atoms with Gasteiger partial charge in [0.25, 0.3) is 0 Å². The smallest absolute Gasteiger partial charge is 0.0622 e. The zero-order chi connectivity index (χ0) is 8.77. The summed E-state index contributed by atoms with van der Waals surface area (Å²) in [4.78, 5) is 2.30. The van der Waals surface area contributed by atoms with Gasteiger partial charge in [-0.25, -0.2) is 0 Å². The SMILES string of the molecule is C=C1CN2CC(=C)CC2(CO)C1. The molecule has 2 rings (SSSR count). The predicted octanol–water partition coefficient (Wildman–Crippen LogP) is 0.939. The maximum atomic E-state index is 9.34. The van der Waals surface area contributed by atoms with Crippen LogP contribution >= 0.6 is 0 Å². The van der Waals surface area contributed by atoms with E-state index < -0.39 is 0 Å². The van der Waals surface area contributed by atoms with Crippen LogP contribution in [0, 0.1) is 0 Å². The maximum Gasteiger partial charge on any atom is 0.0622 e. The van der Waals surface area contributed by atoms with Gasteiger partial charge in [0.2, 0.25) is 0 Å². The van der Waals surface area contributed by atoms with Crippen molar-refractivity contribution in [3.8, 4) is 0 Å². The summed E-state index contributed by atoms with van der Waals surface area (Å²) in [5.41, 5.74) is 2.47. The molecule has 1 N–H and O–H groups in total. The molecule has 0 radical (unpaired) electrons. The lowest BCUT2D eigenvalue weighted by atomic mass is 9.93. The first-order valence-electron chi connectivity index (χ1n) is 4.35. The normalized spacial score (nSPS) is 28.1. The lowest BCUT2D eigenvalue weighted by Crippen LogP contribution is -2.41. The van der Waals surface area contributed by atoms with Gasteiger partial charge in [0, 0.05) is 13.1 Å². The van der Waals surface area contributed by atoms with Crippen molar-refractivity contribution < 1.29 is 5.11 Å². The van der Waals surface area contributed by atoms with Crippen LogP contribution in [0.5, 0.6) is 0 Å². The molecule has 0 amide bonds. The first kappa shape index (κ1) is 8.02. The molecule has 2 saturated heterocycles. The van der Waals surface area contributed by atoms with Crippen molar-refractivity contribution in [3.63, 3.8) is 0 Å². The van der Waals surface area contributed by atoms with Crippen molar-refractivity contribution in [2.45, 2.75) is 18.4 Å². The van der Waals surface area contributed by atoms with Crippen molar-refractivity contribution in [1.29, 1.82) is 0 Å². The first-order valence-corrected chi connectivity index (χ1v) is 4.35. The fourth-order valence-electron chi connectivity index (χ4n) is 2.47. The van der Waals surface area contributed by atoms with Crippen LogP contribution in [0.4, 0.5) is 0 Å². The number of rotatable bonds is 1. The standard InChI is InChI=1S/C10H15NO/c1-8-3-10(7-12)4-9(2)6-11(10)5-8/h12H,1-7H2. The molecular weight excluding hydrogens is 150 g/mol. The molecule has 2 fully saturated rings. The van der Waals surface area contributed by atoms with Gasteiger partial charge in [-0.15, -0.1) is 0 Å². The highest BCUT2D eigenvalue weighted by Gasteiger charge is 2.46. The van der Waals surface area contributed by atoms with Crippen LogP contribution in [-0.2, 0) is 0 Å². The Morgan fingerprint density at radius 3 is 2.08 bits per heavy atom. The second-order valence-corrected chi connectivity index (χ2v) is 4.09. The van der Waals surface area contributed by atoms with Gasteiger partial charge in [-0.2, -0.15) is 0 Å². The minimum Gasteiger partial charge on any atom is -0.394 e. The third kappa shape index (κ3) is 0.952. The van der Waals surface area contributed by atoms with Crippen molar-refractivity contribution in [3.05, 3.63) is 24.3 Å². The van der Waals surface area contributed by atoms with E-state index in [1.807, 2.05) is 0 Å². The summed E-state index contributed by atoms with van der Waals surface area (Å²) in [5.74, 6) is 0. The summed E-state index contributed by atoms with van der Waals surface area (Å²) < 4.78 is 0. The molecule has 2 aliphatic heterocycles. The van der Waals surface area contributed by atoms with Crippen LogP contribution < -0.4 is 0 Å². The Kier molecular flexibility index (Phi) is 1.63. The molecule has 0 atom stereocenters. The Labute approximate surface area is 73.2 Å². The highest BCUT2D eigenvalue weighted by Crippen LogP contribution is 2.41. The van der Waals surface area contributed by atoms with E-state index in [1.165, 1.54) is 11.1 Å². The summed E-state index contributed by atoms with van der Waals surface area (Å²) in [6.07, 6.45) is 1.89. The zero-order valence-corrected chi connectivity index (χ0v) is 7.34. The highest BCUT2D eigenvalue weighted by molar-refractivity contribution is 5.25. The van der Waals surface area contributed by atoms with Crippen LogP contribution in [0.15, 0.2) is 24.3 Å². The molecule has 0 aliphatic carbocycles. The molecule has 0 aromatic heterocycles. The summed E-state index contributed by atoms with van der Waals surface area (Å²) in [6, 6.07) is 0. The largest absolute Gasteiger partial charge is 0.394 e. The molecule has 12 heavy (non-hydrogen) atoms. The second-order valence-electron chi connectivity index (χ2n) is 4.09. The van der Waals surface area contributed by atoms with E-state index in [9.17, 15) is 5.11 Å². The molecule has 0 aromatic rings. The summed E-state index contributed by atoms with van der Waals surface area (Å²) in [7, 11) is 0. The van der Waals surface area contributed by atoms with Gasteiger partial charge in [-0.3, -0.25) is 4.90 Å². The summed E-state index contributed by atoms with van der Waals surface area (Å²) in [6.45, 7) is 10.1. The van der Waals surface area contributed by atoms with Crippen molar-refractivity contribution in [1.82, 2.24) is 4.90 Å². The van der Waals surface area contributed by atoms with Gasteiger partial charge in [0.1, 0.15) is 0 Å². The Morgan fingerprint density at radius 1 is 1.25 bits per heavy atom. The van der Waals surface area contributed by atoms with Gasteiger partial charge in [0.05, 0.1) is 12.1 Å². The first-order chi connectivity index (χ1) is 5.66. The molecule has 2 heteroatoms. The number of aliphatic hydroxyl groups excluding tert-OH is 1. The third-order valence-corrected chi connectivity index (χ3v) is 2.95. The average Bonchev–Trinajstić information content (AvgIpc) is 2.40. The lowest BCUT2D eigenvalue weighted by molar-refractivity contribution is 0.100. The zero-order valence-electron chi connectivity index (χ0n) is 7.34. The second kappa shape index (κ2) is 2.44. The Morgan fingerprint density at radius 2 is 1.75 bits per heavy atom. The van der Waals surface area contributed by atoms with E-state index in [0.29, 0.717) is 0 Å². The Bertz CT molecular complexity index is 224. The van der Waals surface area contributed by atoms with Crippen LogP contribution in [0.2, 0.25) is 0 Å². The average molecular weight is 165 g/mol. The van der Waals surface area contributed by atoms with Crippen LogP contribution in [0.1, 0.15) is 12.8 Å². The fraction of sp³-hybridized carbons (Fsp3) is 0.600. The quantitative estimate of drug-likeness (QED) is 0.584. The number of fused-ring (bicyclic) bond motifs is 1. The van der Waals surface area contributed by atoms with Crippen molar-refractivity contribution in [2.75, 3.05) is 19.7 Å². The number of hydrogen-bond donors (Lipinski definition) is 1. The van der Waals surface area contributed by atoms with E-state index in [2.05, 4.69) is 18.1 Å². The van der Waals surface area contributed by atoms with Crippen LogP contribution in [-0.4, -0.2) is 35.2 Å². The summed E-state index contributed by atoms with van der Waals surface area (Å²) in [5, 5.41) is 9.34.